The third-order valence-corrected chi connectivity index (χ3v) is 9.08. The van der Waals surface area contributed by atoms with Gasteiger partial charge in [-0.15, -0.1) is 0 Å². The van der Waals surface area contributed by atoms with Crippen molar-refractivity contribution in [3.05, 3.63) is 69.7 Å². The number of hydrogen-bond donors (Lipinski definition) is 2. The smallest absolute Gasteiger partial charge is 0.349 e. The molecule has 7 nitrogen and oxygen atoms in total. The molecule has 0 aromatic heterocycles. The number of fused-ring (bicyclic) bond motifs is 1. The van der Waals surface area contributed by atoms with E-state index in [1.807, 2.05) is 0 Å². The minimum absolute atomic E-state index is 0.0846. The SMILES string of the molecule is BC(NC(=O)C(F)(F)c1ccc(Cl)cc1)c1ccc2c(c1)CN(C1(B)C(=O)NC(=O)C(B)(B)C1(B)B)C2=O. The van der Waals surface area contributed by atoms with E-state index in [9.17, 15) is 28.0 Å². The average molecular weight is 533 g/mol. The number of rotatable bonds is 5. The van der Waals surface area contributed by atoms with Gasteiger partial charge in [0.05, 0.1) is 5.44 Å². The van der Waals surface area contributed by atoms with Crippen LogP contribution in [0.4, 0.5) is 8.78 Å². The molecule has 0 aliphatic carbocycles. The van der Waals surface area contributed by atoms with Gasteiger partial charge in [0, 0.05) is 28.6 Å². The van der Waals surface area contributed by atoms with Gasteiger partial charge in [0.25, 0.3) is 11.8 Å². The van der Waals surface area contributed by atoms with Gasteiger partial charge >= 0.3 is 5.92 Å². The summed E-state index contributed by atoms with van der Waals surface area (Å²) >= 11 is 5.76. The number of halogens is 3. The lowest BCUT2D eigenvalue weighted by Gasteiger charge is -2.59. The van der Waals surface area contributed by atoms with Gasteiger partial charge in [-0.2, -0.15) is 8.78 Å². The van der Waals surface area contributed by atoms with Gasteiger partial charge in [0.15, 0.2) is 0 Å². The molecule has 1 saturated heterocycles. The first kappa shape index (κ1) is 28.1. The van der Waals surface area contributed by atoms with E-state index in [4.69, 9.17) is 11.6 Å². The van der Waals surface area contributed by atoms with Crippen LogP contribution in [0.25, 0.3) is 0 Å². The molecule has 0 saturated carbocycles. The monoisotopic (exact) mass is 533 g/mol. The van der Waals surface area contributed by atoms with Crippen LogP contribution >= 0.6 is 11.6 Å². The van der Waals surface area contributed by atoms with E-state index in [0.717, 1.165) is 12.1 Å². The van der Waals surface area contributed by atoms with Gasteiger partial charge in [-0.05, 0) is 34.5 Å². The van der Waals surface area contributed by atoms with Crippen LogP contribution in [0.1, 0.15) is 33.0 Å². The molecular weight excluding hydrogens is 509 g/mol. The molecule has 0 radical (unpaired) electrons. The lowest BCUT2D eigenvalue weighted by atomic mass is 9.21. The van der Waals surface area contributed by atoms with E-state index in [1.54, 1.807) is 65.3 Å². The predicted molar refractivity (Wildman–Crippen MR) is 155 cm³/mol. The van der Waals surface area contributed by atoms with Crippen molar-refractivity contribution in [1.82, 2.24) is 15.5 Å². The van der Waals surface area contributed by atoms with E-state index in [2.05, 4.69) is 10.6 Å². The molecule has 0 bridgehead atoms. The van der Waals surface area contributed by atoms with Crippen molar-refractivity contribution in [3.8, 4) is 0 Å². The van der Waals surface area contributed by atoms with Crippen LogP contribution in [0.15, 0.2) is 42.5 Å². The standard InChI is InChI=1S/C22H24B6ClF2N3O4/c23-14(32-16(36)19(30,31)11-2-4-12(29)5-3-11)9-1-6-13-10(7-9)8-34(15(13)35)21(26)18(38)33-17(37)20(24,25)22(21,27)28/h1-7,14H,8,23-28H2,(H,32,36)(H,33,37,38). The van der Waals surface area contributed by atoms with Gasteiger partial charge in [-0.25, -0.2) is 0 Å². The van der Waals surface area contributed by atoms with Crippen molar-refractivity contribution in [3.63, 3.8) is 0 Å². The number of carbonyl (C=O) groups is 4. The van der Waals surface area contributed by atoms with Gasteiger partial charge in [0.1, 0.15) is 47.1 Å². The molecule has 2 atom stereocenters. The number of carbonyl (C=O) groups excluding carboxylic acids is 4. The summed E-state index contributed by atoms with van der Waals surface area (Å²) < 4.78 is 29.5. The summed E-state index contributed by atoms with van der Waals surface area (Å²) in [5, 5.41) is 3.17. The molecule has 16 heteroatoms. The number of piperidine rings is 1. The quantitative estimate of drug-likeness (QED) is 0.310. The molecule has 2 aliphatic rings. The normalized spacial score (nSPS) is 22.9. The van der Waals surface area contributed by atoms with Crippen LogP contribution in [0, 0.1) is 0 Å². The lowest BCUT2D eigenvalue weighted by Crippen LogP contribution is -2.75. The van der Waals surface area contributed by atoms with Crippen molar-refractivity contribution in [2.75, 3.05) is 0 Å². The zero-order valence-electron chi connectivity index (χ0n) is 22.0. The second-order valence-electron chi connectivity index (χ2n) is 11.2. The first-order valence-corrected chi connectivity index (χ1v) is 12.6. The Balaban J connectivity index is 1.58. The minimum Gasteiger partial charge on any atom is -0.352 e. The fourth-order valence-corrected chi connectivity index (χ4v) is 5.28. The fourth-order valence-electron chi connectivity index (χ4n) is 5.15. The lowest BCUT2D eigenvalue weighted by molar-refractivity contribution is -0.147. The number of amides is 4. The molecule has 190 valence electrons. The summed E-state index contributed by atoms with van der Waals surface area (Å²) in [5.41, 5.74) is -0.339. The van der Waals surface area contributed by atoms with E-state index < -0.39 is 51.0 Å². The average Bonchev–Trinajstić information content (AvgIpc) is 3.18. The van der Waals surface area contributed by atoms with Gasteiger partial charge < -0.3 is 10.2 Å². The van der Waals surface area contributed by atoms with E-state index >= 15 is 0 Å². The molecule has 2 aromatic carbocycles. The third kappa shape index (κ3) is 4.01. The van der Waals surface area contributed by atoms with Crippen LogP contribution in [-0.2, 0) is 26.9 Å². The Labute approximate surface area is 229 Å². The van der Waals surface area contributed by atoms with Crippen molar-refractivity contribution >= 4 is 82.3 Å². The Morgan fingerprint density at radius 3 is 2.24 bits per heavy atom. The predicted octanol–water partition coefficient (Wildman–Crippen LogP) is -3.41. The van der Waals surface area contributed by atoms with Gasteiger partial charge in [-0.3, -0.25) is 24.5 Å². The molecule has 1 fully saturated rings. The maximum atomic E-state index is 14.8. The Kier molecular flexibility index (Phi) is 6.70. The molecule has 2 aromatic rings. The molecule has 2 aliphatic heterocycles. The summed E-state index contributed by atoms with van der Waals surface area (Å²) in [6.45, 7) is 0.0846. The Hall–Kier alpha value is -2.94. The number of nitrogens with zero attached hydrogens (tertiary/aromatic N) is 1. The summed E-state index contributed by atoms with van der Waals surface area (Å²) in [6.07, 6.45) is 0. The fraction of sp³-hybridized carbons (Fsp3) is 0.273. The summed E-state index contributed by atoms with van der Waals surface area (Å²) in [6, 6.07) is 9.60. The van der Waals surface area contributed by atoms with Crippen LogP contribution in [0.2, 0.25) is 15.5 Å². The first-order chi connectivity index (χ1) is 17.5. The number of imide groups is 1. The second-order valence-corrected chi connectivity index (χ2v) is 11.6. The Morgan fingerprint density at radius 2 is 1.63 bits per heavy atom. The maximum Gasteiger partial charge on any atom is 0.349 e. The van der Waals surface area contributed by atoms with Crippen LogP contribution in [0.5, 0.6) is 0 Å². The molecule has 38 heavy (non-hydrogen) atoms. The Morgan fingerprint density at radius 1 is 1.03 bits per heavy atom. The van der Waals surface area contributed by atoms with Crippen LogP contribution < -0.4 is 10.6 Å². The number of benzene rings is 2. The van der Waals surface area contributed by atoms with Crippen LogP contribution in [0.3, 0.4) is 0 Å². The van der Waals surface area contributed by atoms with Crippen molar-refractivity contribution in [1.29, 1.82) is 0 Å². The number of alkyl halides is 2. The second kappa shape index (κ2) is 9.07. The molecular formula is C22H24B6ClF2N3O4. The molecule has 2 N–H and O–H groups in total. The highest BCUT2D eigenvalue weighted by atomic mass is 35.5. The summed E-state index contributed by atoms with van der Waals surface area (Å²) in [4.78, 5) is 53.2. The zero-order chi connectivity index (χ0) is 28.4. The first-order valence-electron chi connectivity index (χ1n) is 12.2. The summed E-state index contributed by atoms with van der Waals surface area (Å²) in [5.74, 6) is -7.37. The van der Waals surface area contributed by atoms with Gasteiger partial charge in [0.2, 0.25) is 11.8 Å². The highest BCUT2D eigenvalue weighted by Gasteiger charge is 2.64. The minimum atomic E-state index is -3.78. The number of hydrogen-bond acceptors (Lipinski definition) is 4. The van der Waals surface area contributed by atoms with E-state index in [1.165, 1.54) is 17.0 Å². The molecule has 4 rings (SSSR count). The van der Waals surface area contributed by atoms with E-state index in [-0.39, 0.29) is 17.5 Å². The van der Waals surface area contributed by atoms with Crippen molar-refractivity contribution in [2.24, 2.45) is 0 Å². The largest absolute Gasteiger partial charge is 0.352 e. The third-order valence-electron chi connectivity index (χ3n) is 8.83. The number of nitrogens with one attached hydrogen (secondary N) is 2. The summed E-state index contributed by atoms with van der Waals surface area (Å²) in [7, 11) is 10.3. The highest BCUT2D eigenvalue weighted by molar-refractivity contribution is 6.66. The van der Waals surface area contributed by atoms with Gasteiger partial charge in [-0.1, -0.05) is 41.1 Å². The maximum absolute atomic E-state index is 14.8. The molecule has 2 unspecified atom stereocenters. The highest BCUT2D eigenvalue weighted by Crippen LogP contribution is 2.55. The van der Waals surface area contributed by atoms with Crippen molar-refractivity contribution < 1.29 is 28.0 Å². The topological polar surface area (TPSA) is 95.6 Å². The van der Waals surface area contributed by atoms with E-state index in [0.29, 0.717) is 16.7 Å². The molecule has 4 amide bonds. The van der Waals surface area contributed by atoms with Crippen LogP contribution in [-0.4, -0.2) is 81.0 Å². The molecule has 0 spiro atoms. The van der Waals surface area contributed by atoms with Crippen molar-refractivity contribution in [2.45, 2.75) is 34.3 Å². The Bertz CT molecular complexity index is 1380. The molecule has 2 heterocycles. The zero-order valence-corrected chi connectivity index (χ0v) is 22.8.